The van der Waals surface area contributed by atoms with Gasteiger partial charge in [0.25, 0.3) is 0 Å². The van der Waals surface area contributed by atoms with E-state index < -0.39 is 33.3 Å². The van der Waals surface area contributed by atoms with Crippen LogP contribution in [0.3, 0.4) is 0 Å². The van der Waals surface area contributed by atoms with Crippen LogP contribution in [0.2, 0.25) is 76.6 Å². The summed E-state index contributed by atoms with van der Waals surface area (Å²) in [4.78, 5) is 0. The van der Waals surface area contributed by atoms with Crippen LogP contribution in [0.25, 0.3) is 0 Å². The van der Waals surface area contributed by atoms with Crippen LogP contribution < -0.4 is 0 Å². The molecule has 0 bridgehead atoms. The maximum atomic E-state index is 9.77. The average Bonchev–Trinajstić information content (AvgIpc) is 2.84. The fourth-order valence-corrected chi connectivity index (χ4v) is 24.2. The third-order valence-electron chi connectivity index (χ3n) is 8.42. The van der Waals surface area contributed by atoms with E-state index in [4.69, 9.17) is 8.23 Å². The van der Waals surface area contributed by atoms with Crippen molar-refractivity contribution in [3.8, 4) is 11.5 Å². The first-order chi connectivity index (χ1) is 19.4. The molecule has 2 N–H and O–H groups in total. The van der Waals surface area contributed by atoms with E-state index in [-0.39, 0.29) is 0 Å². The Labute approximate surface area is 262 Å². The summed E-state index contributed by atoms with van der Waals surface area (Å²) < 4.78 is 13.8. The van der Waals surface area contributed by atoms with Gasteiger partial charge in [-0.1, -0.05) is 49.9 Å². The summed E-state index contributed by atoms with van der Waals surface area (Å²) in [6.45, 7) is 23.2. The van der Waals surface area contributed by atoms with Crippen molar-refractivity contribution in [2.45, 2.75) is 142 Å². The second kappa shape index (κ2) is 16.2. The number of rotatable bonds is 19. The maximum Gasteiger partial charge on any atom is 0.173 e. The summed E-state index contributed by atoms with van der Waals surface area (Å²) in [6.07, 6.45) is 9.63. The van der Waals surface area contributed by atoms with E-state index in [1.165, 1.54) is 61.0 Å². The largest absolute Gasteiger partial charge is 0.508 e. The first-order valence-corrected chi connectivity index (χ1v) is 28.8. The van der Waals surface area contributed by atoms with Crippen LogP contribution in [0.15, 0.2) is 36.4 Å². The van der Waals surface area contributed by atoms with Crippen LogP contribution in [0, 0.1) is 13.8 Å². The molecule has 2 aromatic carbocycles. The van der Waals surface area contributed by atoms with E-state index >= 15 is 0 Å². The molecule has 0 aliphatic carbocycles. The lowest BCUT2D eigenvalue weighted by atomic mass is 10.1. The van der Waals surface area contributed by atoms with Gasteiger partial charge in [0.05, 0.1) is 0 Å². The molecule has 238 valence electrons. The normalized spacial score (nSPS) is 13.1. The summed E-state index contributed by atoms with van der Waals surface area (Å²) in [5, 5.41) is 19.5. The molecule has 0 aliphatic heterocycles. The number of benzene rings is 2. The van der Waals surface area contributed by atoms with Crippen LogP contribution in [0.5, 0.6) is 11.5 Å². The average molecular weight is 647 g/mol. The Morgan fingerprint density at radius 2 is 0.786 bits per heavy atom. The van der Waals surface area contributed by atoms with E-state index in [1.54, 1.807) is 0 Å². The van der Waals surface area contributed by atoms with Crippen molar-refractivity contribution in [3.05, 3.63) is 58.7 Å². The molecule has 2 rings (SSSR count). The lowest BCUT2D eigenvalue weighted by Gasteiger charge is -2.35. The number of phenolic OH excluding ortho intramolecular Hbond substituents is 2. The minimum Gasteiger partial charge on any atom is -0.508 e. The summed E-state index contributed by atoms with van der Waals surface area (Å²) >= 11 is 0. The Hall–Kier alpha value is -1.17. The van der Waals surface area contributed by atoms with Crippen molar-refractivity contribution in [3.63, 3.8) is 0 Å². The third kappa shape index (κ3) is 14.5. The van der Waals surface area contributed by atoms with Crippen molar-refractivity contribution in [1.82, 2.24) is 0 Å². The summed E-state index contributed by atoms with van der Waals surface area (Å²) in [5.41, 5.74) is 4.56. The highest BCUT2D eigenvalue weighted by Crippen LogP contribution is 2.28. The van der Waals surface area contributed by atoms with Gasteiger partial charge in [-0.3, -0.25) is 0 Å². The predicted octanol–water partition coefficient (Wildman–Crippen LogP) is 10.7. The molecule has 0 aromatic heterocycles. The monoisotopic (exact) mass is 646 g/mol. The molecule has 0 heterocycles. The number of phenols is 2. The van der Waals surface area contributed by atoms with Crippen molar-refractivity contribution in [1.29, 1.82) is 0 Å². The van der Waals surface area contributed by atoms with Crippen LogP contribution in [-0.2, 0) is 21.1 Å². The predicted molar refractivity (Wildman–Crippen MR) is 192 cm³/mol. The van der Waals surface area contributed by atoms with Gasteiger partial charge in [0.2, 0.25) is 0 Å². The number of hydrogen-bond acceptors (Lipinski definition) is 4. The Bertz CT molecular complexity index is 1030. The fraction of sp³-hybridized carbons (Fsp3) is 0.647. The maximum absolute atomic E-state index is 9.77. The van der Waals surface area contributed by atoms with Crippen LogP contribution in [-0.4, -0.2) is 43.5 Å². The van der Waals surface area contributed by atoms with E-state index in [1.807, 2.05) is 26.0 Å². The van der Waals surface area contributed by atoms with Gasteiger partial charge >= 0.3 is 0 Å². The van der Waals surface area contributed by atoms with E-state index in [0.717, 1.165) is 36.8 Å². The highest BCUT2D eigenvalue weighted by molar-refractivity contribution is 6.85. The molecule has 0 unspecified atom stereocenters. The van der Waals surface area contributed by atoms with Crippen LogP contribution in [0.1, 0.15) is 60.8 Å². The highest BCUT2D eigenvalue weighted by atomic mass is 28.4. The zero-order valence-corrected chi connectivity index (χ0v) is 32.7. The smallest absolute Gasteiger partial charge is 0.173 e. The number of hydrogen-bond donors (Lipinski definition) is 2. The highest BCUT2D eigenvalue weighted by Gasteiger charge is 2.33. The summed E-state index contributed by atoms with van der Waals surface area (Å²) in [5.74, 6) is 0.775. The van der Waals surface area contributed by atoms with E-state index in [2.05, 4.69) is 76.6 Å². The molecule has 0 saturated carbocycles. The molecule has 0 amide bonds. The zero-order valence-electron chi connectivity index (χ0n) is 28.7. The van der Waals surface area contributed by atoms with Crippen molar-refractivity contribution < 1.29 is 18.4 Å². The molecule has 2 aromatic rings. The minimum atomic E-state index is -1.68. The molecule has 4 nitrogen and oxygen atoms in total. The van der Waals surface area contributed by atoms with Gasteiger partial charge in [-0.15, -0.1) is 0 Å². The summed E-state index contributed by atoms with van der Waals surface area (Å²) in [7, 11) is -6.66. The SMILES string of the molecule is Cc1cc(CCC[Si](C)(C)O[Si](C)(C)CCCCCC[Si](C)(C)O[Si](C)(C)CCCc2ccc(O)c(C)c2)ccc1O. The van der Waals surface area contributed by atoms with Gasteiger partial charge in [0.15, 0.2) is 33.3 Å². The molecule has 0 radical (unpaired) electrons. The Morgan fingerprint density at radius 1 is 0.476 bits per heavy atom. The first kappa shape index (κ1) is 37.0. The molecular weight excluding hydrogens is 585 g/mol. The Morgan fingerprint density at radius 3 is 1.10 bits per heavy atom. The van der Waals surface area contributed by atoms with Gasteiger partial charge in [-0.25, -0.2) is 0 Å². The molecular formula is C34H62O4Si4. The summed E-state index contributed by atoms with van der Waals surface area (Å²) in [6, 6.07) is 16.9. The van der Waals surface area contributed by atoms with Crippen LogP contribution >= 0.6 is 0 Å². The van der Waals surface area contributed by atoms with E-state index in [0.29, 0.717) is 11.5 Å². The third-order valence-corrected chi connectivity index (χ3v) is 23.5. The Balaban J connectivity index is 1.63. The van der Waals surface area contributed by atoms with Crippen molar-refractivity contribution in [2.24, 2.45) is 0 Å². The van der Waals surface area contributed by atoms with Crippen molar-refractivity contribution >= 4 is 33.3 Å². The van der Waals surface area contributed by atoms with Gasteiger partial charge < -0.3 is 18.4 Å². The first-order valence-electron chi connectivity index (χ1n) is 16.4. The fourth-order valence-electron chi connectivity index (χ4n) is 6.34. The van der Waals surface area contributed by atoms with Gasteiger partial charge in [0.1, 0.15) is 11.5 Å². The molecule has 0 fully saturated rings. The van der Waals surface area contributed by atoms with Crippen molar-refractivity contribution in [2.75, 3.05) is 0 Å². The molecule has 0 spiro atoms. The standard InChI is InChI=1S/C34H62O4Si4/c1-29-27-31(19-21-33(29)35)17-15-25-41(7,8)37-39(3,4)23-13-11-12-14-24-40(5,6)38-42(9,10)26-16-18-32-20-22-34(36)30(2)28-32/h19-22,27-28,35-36H,11-18,23-26H2,1-10H3. The number of unbranched alkanes of at least 4 members (excludes halogenated alkanes) is 3. The quantitative estimate of drug-likeness (QED) is 0.118. The second-order valence-corrected chi connectivity index (χ2v) is 32.8. The molecule has 0 aliphatic rings. The van der Waals surface area contributed by atoms with Gasteiger partial charge in [-0.05, 0) is 150 Å². The lowest BCUT2D eigenvalue weighted by molar-refractivity contribution is 0.470. The van der Waals surface area contributed by atoms with Gasteiger partial charge in [0, 0.05) is 0 Å². The second-order valence-electron chi connectivity index (χ2n) is 15.1. The molecule has 0 atom stereocenters. The lowest BCUT2D eigenvalue weighted by Crippen LogP contribution is -2.44. The number of aryl methyl sites for hydroxylation is 4. The minimum absolute atomic E-state index is 0.388. The van der Waals surface area contributed by atoms with Gasteiger partial charge in [-0.2, -0.15) is 0 Å². The molecule has 8 heteroatoms. The topological polar surface area (TPSA) is 58.9 Å². The number of aromatic hydroxyl groups is 2. The molecule has 42 heavy (non-hydrogen) atoms. The Kier molecular flexibility index (Phi) is 14.3. The zero-order chi connectivity index (χ0) is 31.6. The van der Waals surface area contributed by atoms with E-state index in [9.17, 15) is 10.2 Å². The molecule has 0 saturated heterocycles. The van der Waals surface area contributed by atoms with Crippen LogP contribution in [0.4, 0.5) is 0 Å².